The predicted molar refractivity (Wildman–Crippen MR) is 58.8 cm³/mol. The Morgan fingerprint density at radius 2 is 1.94 bits per heavy atom. The van der Waals surface area contributed by atoms with Gasteiger partial charge >= 0.3 is 5.97 Å². The number of hydrogen-bond acceptors (Lipinski definition) is 4. The van der Waals surface area contributed by atoms with Crippen LogP contribution in [0.15, 0.2) is 0 Å². The SMILES string of the molecule is CC(C)(C)[C@@]1(C)OC(=O)[C@]2(C=O)CCC(=O)N21. The number of esters is 1. The van der Waals surface area contributed by atoms with Crippen molar-refractivity contribution in [3.63, 3.8) is 0 Å². The van der Waals surface area contributed by atoms with E-state index in [0.29, 0.717) is 6.29 Å². The molecule has 0 N–H and O–H groups in total. The van der Waals surface area contributed by atoms with Gasteiger partial charge < -0.3 is 9.53 Å². The Bertz CT molecular complexity index is 411. The fraction of sp³-hybridized carbons (Fsp3) is 0.750. The third-order valence-electron chi connectivity index (χ3n) is 4.03. The van der Waals surface area contributed by atoms with Crippen LogP contribution in [0.3, 0.4) is 0 Å². The molecule has 5 nitrogen and oxygen atoms in total. The highest BCUT2D eigenvalue weighted by Crippen LogP contribution is 2.50. The monoisotopic (exact) mass is 239 g/mol. The van der Waals surface area contributed by atoms with Crippen LogP contribution in [-0.2, 0) is 19.1 Å². The number of hydrogen-bond donors (Lipinski definition) is 0. The number of carbonyl (C=O) groups is 3. The van der Waals surface area contributed by atoms with Crippen LogP contribution in [0.2, 0.25) is 0 Å². The Kier molecular flexibility index (Phi) is 2.19. The van der Waals surface area contributed by atoms with Gasteiger partial charge in [0.15, 0.2) is 17.6 Å². The first-order valence-electron chi connectivity index (χ1n) is 5.72. The van der Waals surface area contributed by atoms with Gasteiger partial charge in [-0.05, 0) is 13.3 Å². The molecule has 0 saturated carbocycles. The van der Waals surface area contributed by atoms with Crippen LogP contribution in [0.25, 0.3) is 0 Å². The predicted octanol–water partition coefficient (Wildman–Crippen LogP) is 0.866. The third-order valence-corrected chi connectivity index (χ3v) is 4.03. The average molecular weight is 239 g/mol. The third kappa shape index (κ3) is 1.22. The van der Waals surface area contributed by atoms with E-state index >= 15 is 0 Å². The first-order valence-corrected chi connectivity index (χ1v) is 5.72. The molecule has 2 aliphatic rings. The van der Waals surface area contributed by atoms with Crippen molar-refractivity contribution in [3.8, 4) is 0 Å². The van der Waals surface area contributed by atoms with Crippen LogP contribution in [0, 0.1) is 5.41 Å². The Labute approximate surface area is 100 Å². The van der Waals surface area contributed by atoms with E-state index < -0.39 is 22.6 Å². The Morgan fingerprint density at radius 3 is 2.41 bits per heavy atom. The van der Waals surface area contributed by atoms with E-state index in [1.165, 1.54) is 4.90 Å². The van der Waals surface area contributed by atoms with Gasteiger partial charge in [-0.15, -0.1) is 0 Å². The Balaban J connectivity index is 2.59. The molecule has 2 aliphatic heterocycles. The molecule has 2 fully saturated rings. The summed E-state index contributed by atoms with van der Waals surface area (Å²) in [6.07, 6.45) is 0.997. The summed E-state index contributed by atoms with van der Waals surface area (Å²) < 4.78 is 5.38. The zero-order valence-corrected chi connectivity index (χ0v) is 10.6. The summed E-state index contributed by atoms with van der Waals surface area (Å²) in [5.74, 6) is -0.795. The number of nitrogens with zero attached hydrogens (tertiary/aromatic N) is 1. The minimum absolute atomic E-state index is 0.194. The maximum atomic E-state index is 12.0. The molecule has 94 valence electrons. The van der Waals surface area contributed by atoms with Crippen LogP contribution in [0.1, 0.15) is 40.5 Å². The summed E-state index contributed by atoms with van der Waals surface area (Å²) in [5, 5.41) is 0. The minimum atomic E-state index is -1.39. The van der Waals surface area contributed by atoms with Crippen LogP contribution < -0.4 is 0 Å². The van der Waals surface area contributed by atoms with E-state index in [1.807, 2.05) is 20.8 Å². The van der Waals surface area contributed by atoms with Gasteiger partial charge in [0.1, 0.15) is 0 Å². The van der Waals surface area contributed by atoms with E-state index in [4.69, 9.17) is 4.74 Å². The number of rotatable bonds is 1. The van der Waals surface area contributed by atoms with E-state index in [-0.39, 0.29) is 18.7 Å². The van der Waals surface area contributed by atoms with E-state index in [2.05, 4.69) is 0 Å². The topological polar surface area (TPSA) is 63.7 Å². The van der Waals surface area contributed by atoms with Crippen LogP contribution in [0.4, 0.5) is 0 Å². The van der Waals surface area contributed by atoms with Crippen LogP contribution in [-0.4, -0.2) is 34.3 Å². The Hall–Kier alpha value is -1.39. The van der Waals surface area contributed by atoms with Gasteiger partial charge in [-0.1, -0.05) is 20.8 Å². The van der Waals surface area contributed by atoms with Gasteiger partial charge in [0.05, 0.1) is 0 Å². The maximum Gasteiger partial charge on any atom is 0.341 e. The molecule has 2 rings (SSSR count). The number of cyclic esters (lactones) is 1. The minimum Gasteiger partial charge on any atom is -0.436 e. The number of fused-ring (bicyclic) bond motifs is 1. The Morgan fingerprint density at radius 1 is 1.35 bits per heavy atom. The fourth-order valence-corrected chi connectivity index (χ4v) is 2.52. The molecule has 0 aromatic carbocycles. The summed E-state index contributed by atoms with van der Waals surface area (Å²) in [5.41, 5.74) is -2.90. The highest BCUT2D eigenvalue weighted by Gasteiger charge is 2.69. The molecular formula is C12H17NO4. The average Bonchev–Trinajstić information content (AvgIpc) is 2.65. The lowest BCUT2D eigenvalue weighted by Gasteiger charge is -2.43. The lowest BCUT2D eigenvalue weighted by atomic mass is 9.82. The second-order valence-electron chi connectivity index (χ2n) is 5.89. The molecule has 1 amide bonds. The number of carbonyl (C=O) groups excluding carboxylic acids is 3. The number of amides is 1. The quantitative estimate of drug-likeness (QED) is 0.387. The largest absolute Gasteiger partial charge is 0.436 e. The lowest BCUT2D eigenvalue weighted by molar-refractivity contribution is -0.177. The summed E-state index contributed by atoms with van der Waals surface area (Å²) in [4.78, 5) is 36.6. The van der Waals surface area contributed by atoms with Crippen molar-refractivity contribution >= 4 is 18.2 Å². The van der Waals surface area contributed by atoms with Crippen LogP contribution >= 0.6 is 0 Å². The maximum absolute atomic E-state index is 12.0. The number of ether oxygens (including phenoxy) is 1. The molecule has 0 aromatic heterocycles. The van der Waals surface area contributed by atoms with Gasteiger partial charge in [-0.2, -0.15) is 0 Å². The highest BCUT2D eigenvalue weighted by molar-refractivity contribution is 6.07. The molecule has 0 aliphatic carbocycles. The van der Waals surface area contributed by atoms with E-state index in [9.17, 15) is 14.4 Å². The molecule has 2 saturated heterocycles. The van der Waals surface area contributed by atoms with Gasteiger partial charge in [0.25, 0.3) is 0 Å². The second kappa shape index (κ2) is 3.09. The molecule has 5 heteroatoms. The first kappa shape index (κ1) is 12.1. The van der Waals surface area contributed by atoms with Crippen LogP contribution in [0.5, 0.6) is 0 Å². The normalized spacial score (nSPS) is 37.1. The van der Waals surface area contributed by atoms with E-state index in [1.54, 1.807) is 6.92 Å². The van der Waals surface area contributed by atoms with Gasteiger partial charge in [0, 0.05) is 11.8 Å². The fourth-order valence-electron chi connectivity index (χ4n) is 2.52. The summed E-state index contributed by atoms with van der Waals surface area (Å²) in [6, 6.07) is 0. The van der Waals surface area contributed by atoms with Gasteiger partial charge in [-0.25, -0.2) is 4.79 Å². The molecule has 0 bridgehead atoms. The molecular weight excluding hydrogens is 222 g/mol. The molecule has 2 heterocycles. The van der Waals surface area contributed by atoms with E-state index in [0.717, 1.165) is 0 Å². The van der Waals surface area contributed by atoms with Crippen molar-refractivity contribution in [1.82, 2.24) is 4.90 Å². The molecule has 2 atom stereocenters. The zero-order valence-electron chi connectivity index (χ0n) is 10.6. The van der Waals surface area contributed by atoms with Crippen molar-refractivity contribution in [3.05, 3.63) is 0 Å². The highest BCUT2D eigenvalue weighted by atomic mass is 16.6. The second-order valence-corrected chi connectivity index (χ2v) is 5.89. The molecule has 0 aromatic rings. The van der Waals surface area contributed by atoms with Crippen molar-refractivity contribution in [2.75, 3.05) is 0 Å². The zero-order chi connectivity index (χ0) is 13.1. The standard InChI is InChI=1S/C12H17NO4/c1-10(2,3)11(4)13-8(15)5-6-12(13,7-14)9(16)17-11/h7H,5-6H2,1-4H3/t11-,12-/m1/s1. The van der Waals surface area contributed by atoms with Crippen molar-refractivity contribution < 1.29 is 19.1 Å². The summed E-state index contributed by atoms with van der Waals surface area (Å²) >= 11 is 0. The smallest absolute Gasteiger partial charge is 0.341 e. The van der Waals surface area contributed by atoms with Crippen molar-refractivity contribution in [2.24, 2.45) is 5.41 Å². The van der Waals surface area contributed by atoms with Crippen molar-refractivity contribution in [2.45, 2.75) is 51.8 Å². The summed E-state index contributed by atoms with van der Waals surface area (Å²) in [6.45, 7) is 7.34. The molecule has 0 spiro atoms. The molecule has 17 heavy (non-hydrogen) atoms. The number of aldehydes is 1. The van der Waals surface area contributed by atoms with Gasteiger partial charge in [0.2, 0.25) is 5.91 Å². The first-order chi connectivity index (χ1) is 7.69. The van der Waals surface area contributed by atoms with Gasteiger partial charge in [-0.3, -0.25) is 9.69 Å². The summed E-state index contributed by atoms with van der Waals surface area (Å²) in [7, 11) is 0. The lowest BCUT2D eigenvalue weighted by Crippen LogP contribution is -2.58. The van der Waals surface area contributed by atoms with Crippen molar-refractivity contribution in [1.29, 1.82) is 0 Å². The molecule has 0 unspecified atom stereocenters. The molecule has 0 radical (unpaired) electrons.